The summed E-state index contributed by atoms with van der Waals surface area (Å²) < 4.78 is 4.61. The number of carbonyl (C=O) groups is 2. The zero-order valence-electron chi connectivity index (χ0n) is 9.37. The van der Waals surface area contributed by atoms with Gasteiger partial charge in [-0.2, -0.15) is 0 Å². The monoisotopic (exact) mass is 214 g/mol. The number of hydrogen-bond acceptors (Lipinski definition) is 4. The Morgan fingerprint density at radius 1 is 1.47 bits per heavy atom. The van der Waals surface area contributed by atoms with Crippen LogP contribution in [0, 0.1) is 0 Å². The van der Waals surface area contributed by atoms with Crippen LogP contribution in [0.15, 0.2) is 11.6 Å². The van der Waals surface area contributed by atoms with E-state index in [0.29, 0.717) is 6.54 Å². The molecule has 0 aromatic carbocycles. The molecule has 5 heteroatoms. The first-order valence-corrected chi connectivity index (χ1v) is 4.82. The Balaban J connectivity index is 3.99. The van der Waals surface area contributed by atoms with E-state index >= 15 is 0 Å². The van der Waals surface area contributed by atoms with Gasteiger partial charge in [0, 0.05) is 6.54 Å². The van der Waals surface area contributed by atoms with Crippen molar-refractivity contribution >= 4 is 11.9 Å². The van der Waals surface area contributed by atoms with E-state index < -0.39 is 17.9 Å². The molecule has 0 aromatic rings. The Bertz CT molecular complexity index is 257. The summed E-state index contributed by atoms with van der Waals surface area (Å²) >= 11 is 0. The second-order valence-electron chi connectivity index (χ2n) is 3.26. The topological polar surface area (TPSA) is 81.4 Å². The van der Waals surface area contributed by atoms with Crippen molar-refractivity contribution in [1.29, 1.82) is 0 Å². The van der Waals surface area contributed by atoms with E-state index in [-0.39, 0.29) is 6.61 Å². The molecule has 1 unspecified atom stereocenters. The highest BCUT2D eigenvalue weighted by Gasteiger charge is 2.22. The second-order valence-corrected chi connectivity index (χ2v) is 3.26. The largest absolute Gasteiger partial charge is 0.464 e. The minimum Gasteiger partial charge on any atom is -0.464 e. The van der Waals surface area contributed by atoms with E-state index in [1.165, 1.54) is 0 Å². The second kappa shape index (κ2) is 7.00. The Morgan fingerprint density at radius 2 is 2.07 bits per heavy atom. The highest BCUT2D eigenvalue weighted by atomic mass is 16.5. The summed E-state index contributed by atoms with van der Waals surface area (Å²) in [7, 11) is 0. The lowest BCUT2D eigenvalue weighted by atomic mass is 10.3. The van der Waals surface area contributed by atoms with Gasteiger partial charge in [0.1, 0.15) is 0 Å². The van der Waals surface area contributed by atoms with Crippen molar-refractivity contribution in [2.75, 3.05) is 13.2 Å². The standard InChI is InChI=1S/C10H18N2O3/c1-4-15-10(14)8(11)9(13)12-6-5-7(2)3/h5,8H,4,6,11H2,1-3H3,(H,12,13). The van der Waals surface area contributed by atoms with Crippen LogP contribution in [-0.2, 0) is 14.3 Å². The first kappa shape index (κ1) is 13.6. The fraction of sp³-hybridized carbons (Fsp3) is 0.600. The van der Waals surface area contributed by atoms with Gasteiger partial charge in [-0.25, -0.2) is 4.79 Å². The molecule has 0 aliphatic rings. The van der Waals surface area contributed by atoms with Gasteiger partial charge >= 0.3 is 5.97 Å². The molecule has 0 radical (unpaired) electrons. The van der Waals surface area contributed by atoms with E-state index in [4.69, 9.17) is 5.73 Å². The van der Waals surface area contributed by atoms with Gasteiger partial charge in [-0.05, 0) is 20.8 Å². The van der Waals surface area contributed by atoms with Crippen LogP contribution in [0.5, 0.6) is 0 Å². The molecule has 0 aromatic heterocycles. The van der Waals surface area contributed by atoms with Gasteiger partial charge in [0.05, 0.1) is 6.61 Å². The fourth-order valence-electron chi connectivity index (χ4n) is 0.805. The van der Waals surface area contributed by atoms with Gasteiger partial charge in [0.25, 0.3) is 0 Å². The molecule has 5 nitrogen and oxygen atoms in total. The zero-order chi connectivity index (χ0) is 11.8. The Labute approximate surface area is 89.7 Å². The molecule has 0 bridgehead atoms. The molecule has 0 spiro atoms. The molecule has 0 fully saturated rings. The third-order valence-electron chi connectivity index (χ3n) is 1.61. The van der Waals surface area contributed by atoms with E-state index in [9.17, 15) is 9.59 Å². The van der Waals surface area contributed by atoms with Gasteiger partial charge in [0.15, 0.2) is 6.04 Å². The summed E-state index contributed by atoms with van der Waals surface area (Å²) in [5, 5.41) is 2.51. The van der Waals surface area contributed by atoms with E-state index in [1.807, 2.05) is 19.9 Å². The van der Waals surface area contributed by atoms with Crippen LogP contribution >= 0.6 is 0 Å². The third-order valence-corrected chi connectivity index (χ3v) is 1.61. The first-order valence-electron chi connectivity index (χ1n) is 4.82. The molecule has 86 valence electrons. The Hall–Kier alpha value is -1.36. The highest BCUT2D eigenvalue weighted by Crippen LogP contribution is 1.88. The van der Waals surface area contributed by atoms with Crippen LogP contribution in [0.25, 0.3) is 0 Å². The Morgan fingerprint density at radius 3 is 2.53 bits per heavy atom. The van der Waals surface area contributed by atoms with Crippen molar-refractivity contribution in [1.82, 2.24) is 5.32 Å². The predicted molar refractivity (Wildman–Crippen MR) is 57.0 cm³/mol. The predicted octanol–water partition coefficient (Wildman–Crippen LogP) is -0.0408. The molecule has 3 N–H and O–H groups in total. The number of hydrogen-bond donors (Lipinski definition) is 2. The SMILES string of the molecule is CCOC(=O)C(N)C(=O)NCC=C(C)C. The molecule has 0 saturated heterocycles. The zero-order valence-corrected chi connectivity index (χ0v) is 9.37. The van der Waals surface area contributed by atoms with E-state index in [0.717, 1.165) is 5.57 Å². The van der Waals surface area contributed by atoms with E-state index in [2.05, 4.69) is 10.1 Å². The number of esters is 1. The number of rotatable bonds is 5. The third kappa shape index (κ3) is 5.85. The highest BCUT2D eigenvalue weighted by molar-refractivity contribution is 6.01. The first-order chi connectivity index (χ1) is 6.99. The van der Waals surface area contributed by atoms with Crippen LogP contribution in [0.3, 0.4) is 0 Å². The summed E-state index contributed by atoms with van der Waals surface area (Å²) in [6.07, 6.45) is 1.83. The molecular formula is C10H18N2O3. The van der Waals surface area contributed by atoms with Crippen LogP contribution < -0.4 is 11.1 Å². The maximum atomic E-state index is 11.3. The van der Waals surface area contributed by atoms with Crippen LogP contribution in [0.2, 0.25) is 0 Å². The lowest BCUT2D eigenvalue weighted by Crippen LogP contribution is -2.46. The Kier molecular flexibility index (Phi) is 6.37. The maximum Gasteiger partial charge on any atom is 0.332 e. The van der Waals surface area contributed by atoms with Gasteiger partial charge in [-0.1, -0.05) is 11.6 Å². The number of nitrogens with one attached hydrogen (secondary N) is 1. The molecule has 1 amide bonds. The summed E-state index contributed by atoms with van der Waals surface area (Å²) in [6.45, 7) is 6.07. The van der Waals surface area contributed by atoms with Crippen molar-refractivity contribution in [3.8, 4) is 0 Å². The molecule has 1 atom stereocenters. The quantitative estimate of drug-likeness (QED) is 0.382. The number of amides is 1. The van der Waals surface area contributed by atoms with E-state index in [1.54, 1.807) is 6.92 Å². The van der Waals surface area contributed by atoms with Gasteiger partial charge in [-0.3, -0.25) is 4.79 Å². The average Bonchev–Trinajstić information content (AvgIpc) is 2.16. The van der Waals surface area contributed by atoms with Crippen molar-refractivity contribution in [2.24, 2.45) is 5.73 Å². The maximum absolute atomic E-state index is 11.3. The molecule has 0 heterocycles. The van der Waals surface area contributed by atoms with Crippen molar-refractivity contribution in [2.45, 2.75) is 26.8 Å². The summed E-state index contributed by atoms with van der Waals surface area (Å²) in [5.74, 6) is -1.22. The van der Waals surface area contributed by atoms with Gasteiger partial charge in [-0.15, -0.1) is 0 Å². The average molecular weight is 214 g/mol. The minimum atomic E-state index is -1.24. The molecule has 0 aliphatic carbocycles. The molecule has 0 saturated carbocycles. The van der Waals surface area contributed by atoms with Crippen molar-refractivity contribution < 1.29 is 14.3 Å². The molecule has 15 heavy (non-hydrogen) atoms. The normalized spacial score (nSPS) is 11.5. The summed E-state index contributed by atoms with van der Waals surface area (Å²) in [6, 6.07) is -1.24. The lowest BCUT2D eigenvalue weighted by Gasteiger charge is -2.09. The molecular weight excluding hydrogens is 196 g/mol. The number of nitrogens with two attached hydrogens (primary N) is 1. The minimum absolute atomic E-state index is 0.216. The smallest absolute Gasteiger partial charge is 0.332 e. The molecule has 0 rings (SSSR count). The lowest BCUT2D eigenvalue weighted by molar-refractivity contribution is -0.147. The van der Waals surface area contributed by atoms with Crippen molar-refractivity contribution in [3.63, 3.8) is 0 Å². The van der Waals surface area contributed by atoms with Crippen LogP contribution in [-0.4, -0.2) is 31.1 Å². The van der Waals surface area contributed by atoms with Crippen molar-refractivity contribution in [3.05, 3.63) is 11.6 Å². The number of allylic oxidation sites excluding steroid dienone is 1. The van der Waals surface area contributed by atoms with Gasteiger partial charge in [0.2, 0.25) is 5.91 Å². The summed E-state index contributed by atoms with van der Waals surface area (Å²) in [4.78, 5) is 22.3. The van der Waals surface area contributed by atoms with Crippen LogP contribution in [0.1, 0.15) is 20.8 Å². The van der Waals surface area contributed by atoms with Gasteiger partial charge < -0.3 is 15.8 Å². The molecule has 0 aliphatic heterocycles. The summed E-state index contributed by atoms with van der Waals surface area (Å²) in [5.41, 5.74) is 6.44. The number of carbonyl (C=O) groups excluding carboxylic acids is 2. The number of ether oxygens (including phenoxy) is 1. The fourth-order valence-corrected chi connectivity index (χ4v) is 0.805. The van der Waals surface area contributed by atoms with Crippen LogP contribution in [0.4, 0.5) is 0 Å².